The van der Waals surface area contributed by atoms with Crippen molar-refractivity contribution in [2.45, 2.75) is 25.4 Å². The summed E-state index contributed by atoms with van der Waals surface area (Å²) in [6.45, 7) is 3.01. The third-order valence-electron chi connectivity index (χ3n) is 3.87. The Balaban J connectivity index is 1.59. The smallest absolute Gasteiger partial charge is 0.134 e. The quantitative estimate of drug-likeness (QED) is 0.858. The van der Waals surface area contributed by atoms with Gasteiger partial charge in [0.2, 0.25) is 0 Å². The van der Waals surface area contributed by atoms with Gasteiger partial charge >= 0.3 is 0 Å². The van der Waals surface area contributed by atoms with Crippen molar-refractivity contribution in [2.75, 3.05) is 30.4 Å². The van der Waals surface area contributed by atoms with Crippen LogP contribution in [0.1, 0.15) is 18.4 Å². The Labute approximate surface area is 129 Å². The van der Waals surface area contributed by atoms with Gasteiger partial charge in [0.1, 0.15) is 18.0 Å². The second kappa shape index (κ2) is 6.87. The lowest BCUT2D eigenvalue weighted by molar-refractivity contribution is 0.571. The molecule has 5 nitrogen and oxygen atoms in total. The van der Waals surface area contributed by atoms with Gasteiger partial charge in [0.05, 0.1) is 0 Å². The molecule has 112 valence electrons. The summed E-state index contributed by atoms with van der Waals surface area (Å²) < 4.78 is 0. The minimum Gasteiger partial charge on any atom is -0.373 e. The van der Waals surface area contributed by atoms with E-state index in [0.717, 1.165) is 31.3 Å². The van der Waals surface area contributed by atoms with E-state index in [1.165, 1.54) is 18.4 Å². The van der Waals surface area contributed by atoms with Crippen molar-refractivity contribution < 1.29 is 0 Å². The van der Waals surface area contributed by atoms with Gasteiger partial charge in [-0.3, -0.25) is 0 Å². The Morgan fingerprint density at radius 1 is 1.43 bits per heavy atom. The Hall–Kier alpha value is -1.66. The molecule has 6 heteroatoms. The van der Waals surface area contributed by atoms with Crippen LogP contribution in [-0.4, -0.2) is 36.1 Å². The van der Waals surface area contributed by atoms with Crippen LogP contribution in [0.15, 0.2) is 29.2 Å². The van der Waals surface area contributed by atoms with Crippen LogP contribution >= 0.6 is 11.3 Å². The summed E-state index contributed by atoms with van der Waals surface area (Å²) in [6, 6.07) is 4.72. The van der Waals surface area contributed by atoms with Gasteiger partial charge in [0.25, 0.3) is 0 Å². The molecule has 0 aromatic carbocycles. The molecular formula is C15H21N5S. The van der Waals surface area contributed by atoms with E-state index in [-0.39, 0.29) is 0 Å². The molecule has 3 rings (SSSR count). The maximum Gasteiger partial charge on any atom is 0.134 e. The molecule has 1 saturated heterocycles. The summed E-state index contributed by atoms with van der Waals surface area (Å²) in [5.74, 6) is 1.89. The van der Waals surface area contributed by atoms with Gasteiger partial charge in [0.15, 0.2) is 0 Å². The van der Waals surface area contributed by atoms with E-state index in [1.807, 2.05) is 13.1 Å². The Kier molecular flexibility index (Phi) is 4.67. The molecule has 0 aliphatic carbocycles. The number of aromatic nitrogens is 2. The summed E-state index contributed by atoms with van der Waals surface area (Å²) in [6.07, 6.45) is 4.08. The molecule has 0 bridgehead atoms. The number of nitrogens with one attached hydrogen (secondary N) is 2. The lowest BCUT2D eigenvalue weighted by Gasteiger charge is -2.26. The highest BCUT2D eigenvalue weighted by Gasteiger charge is 2.25. The normalized spacial score (nSPS) is 18.1. The Morgan fingerprint density at radius 2 is 2.38 bits per heavy atom. The van der Waals surface area contributed by atoms with E-state index >= 15 is 0 Å². The summed E-state index contributed by atoms with van der Waals surface area (Å²) in [5, 5.41) is 11.0. The molecule has 0 amide bonds. The first-order chi connectivity index (χ1) is 10.4. The number of rotatable bonds is 6. The Morgan fingerprint density at radius 3 is 3.19 bits per heavy atom. The lowest BCUT2D eigenvalue weighted by atomic mass is 10.2. The van der Waals surface area contributed by atoms with Crippen LogP contribution in [0, 0.1) is 0 Å². The molecule has 2 aromatic rings. The molecule has 3 heterocycles. The van der Waals surface area contributed by atoms with Crippen molar-refractivity contribution in [1.29, 1.82) is 0 Å². The van der Waals surface area contributed by atoms with Gasteiger partial charge in [-0.25, -0.2) is 9.97 Å². The fourth-order valence-corrected chi connectivity index (χ4v) is 3.44. The molecule has 1 aliphatic heterocycles. The molecule has 0 saturated carbocycles. The van der Waals surface area contributed by atoms with Crippen LogP contribution in [0.25, 0.3) is 0 Å². The standard InChI is InChI=1S/C15H21N5S/c1-16-14-7-15(19-11-18-14)20-5-2-3-13(20)9-17-8-12-4-6-21-10-12/h4,6-7,10-11,13,17H,2-3,5,8-9H2,1H3,(H,16,18,19)/t13-/m0/s1. The predicted octanol–water partition coefficient (Wildman–Crippen LogP) is 2.34. The van der Waals surface area contributed by atoms with Crippen LogP contribution < -0.4 is 15.5 Å². The highest BCUT2D eigenvalue weighted by molar-refractivity contribution is 7.07. The first kappa shape index (κ1) is 14.3. The van der Waals surface area contributed by atoms with E-state index in [1.54, 1.807) is 17.7 Å². The summed E-state index contributed by atoms with van der Waals surface area (Å²) in [4.78, 5) is 11.0. The van der Waals surface area contributed by atoms with Crippen LogP contribution in [0.4, 0.5) is 11.6 Å². The van der Waals surface area contributed by atoms with Crippen LogP contribution in [0.5, 0.6) is 0 Å². The zero-order chi connectivity index (χ0) is 14.5. The molecule has 0 unspecified atom stereocenters. The average Bonchev–Trinajstić information content (AvgIpc) is 3.19. The van der Waals surface area contributed by atoms with Gasteiger partial charge in [-0.1, -0.05) is 0 Å². The molecular weight excluding hydrogens is 282 g/mol. The van der Waals surface area contributed by atoms with Gasteiger partial charge < -0.3 is 15.5 Å². The highest BCUT2D eigenvalue weighted by Crippen LogP contribution is 2.24. The lowest BCUT2D eigenvalue weighted by Crippen LogP contribution is -2.38. The first-order valence-electron chi connectivity index (χ1n) is 7.35. The zero-order valence-corrected chi connectivity index (χ0v) is 13.1. The minimum atomic E-state index is 0.517. The maximum atomic E-state index is 4.43. The van der Waals surface area contributed by atoms with Crippen molar-refractivity contribution in [3.63, 3.8) is 0 Å². The molecule has 21 heavy (non-hydrogen) atoms. The van der Waals surface area contributed by atoms with Crippen molar-refractivity contribution >= 4 is 23.0 Å². The summed E-state index contributed by atoms with van der Waals surface area (Å²) in [5.41, 5.74) is 1.36. The van der Waals surface area contributed by atoms with E-state index in [0.29, 0.717) is 6.04 Å². The molecule has 1 atom stereocenters. The average molecular weight is 303 g/mol. The van der Waals surface area contributed by atoms with E-state index in [2.05, 4.69) is 42.3 Å². The minimum absolute atomic E-state index is 0.517. The van der Waals surface area contributed by atoms with Crippen molar-refractivity contribution in [2.24, 2.45) is 0 Å². The predicted molar refractivity (Wildman–Crippen MR) is 88.0 cm³/mol. The van der Waals surface area contributed by atoms with Crippen LogP contribution in [-0.2, 0) is 6.54 Å². The van der Waals surface area contributed by atoms with Crippen LogP contribution in [0.2, 0.25) is 0 Å². The van der Waals surface area contributed by atoms with Crippen molar-refractivity contribution in [3.8, 4) is 0 Å². The van der Waals surface area contributed by atoms with Gasteiger partial charge in [-0.15, -0.1) is 0 Å². The molecule has 1 fully saturated rings. The molecule has 2 aromatic heterocycles. The second-order valence-electron chi connectivity index (χ2n) is 5.26. The third-order valence-corrected chi connectivity index (χ3v) is 4.60. The van der Waals surface area contributed by atoms with Crippen molar-refractivity contribution in [3.05, 3.63) is 34.8 Å². The fraction of sp³-hybridized carbons (Fsp3) is 0.467. The highest BCUT2D eigenvalue weighted by atomic mass is 32.1. The maximum absolute atomic E-state index is 4.43. The van der Waals surface area contributed by atoms with E-state index in [4.69, 9.17) is 0 Å². The largest absolute Gasteiger partial charge is 0.373 e. The SMILES string of the molecule is CNc1cc(N2CCC[C@H]2CNCc2ccsc2)ncn1. The zero-order valence-electron chi connectivity index (χ0n) is 12.2. The number of thiophene rings is 1. The van der Waals surface area contributed by atoms with Gasteiger partial charge in [-0.2, -0.15) is 11.3 Å². The van der Waals surface area contributed by atoms with Crippen molar-refractivity contribution in [1.82, 2.24) is 15.3 Å². The summed E-state index contributed by atoms with van der Waals surface area (Å²) >= 11 is 1.75. The number of nitrogens with zero attached hydrogens (tertiary/aromatic N) is 3. The molecule has 1 aliphatic rings. The third kappa shape index (κ3) is 3.51. The molecule has 2 N–H and O–H groups in total. The number of hydrogen-bond acceptors (Lipinski definition) is 6. The Bertz CT molecular complexity index is 557. The van der Waals surface area contributed by atoms with Crippen LogP contribution in [0.3, 0.4) is 0 Å². The monoisotopic (exact) mass is 303 g/mol. The molecule has 0 spiro atoms. The van der Waals surface area contributed by atoms with E-state index < -0.39 is 0 Å². The number of hydrogen-bond donors (Lipinski definition) is 2. The van der Waals surface area contributed by atoms with Gasteiger partial charge in [0, 0.05) is 38.8 Å². The van der Waals surface area contributed by atoms with Gasteiger partial charge in [-0.05, 0) is 35.2 Å². The number of anilines is 2. The topological polar surface area (TPSA) is 53.1 Å². The summed E-state index contributed by atoms with van der Waals surface area (Å²) in [7, 11) is 1.88. The van der Waals surface area contributed by atoms with E-state index in [9.17, 15) is 0 Å². The second-order valence-corrected chi connectivity index (χ2v) is 6.04. The first-order valence-corrected chi connectivity index (χ1v) is 8.29. The molecule has 0 radical (unpaired) electrons. The fourth-order valence-electron chi connectivity index (χ4n) is 2.77.